The Morgan fingerprint density at radius 3 is 2.53 bits per heavy atom. The molecule has 1 saturated heterocycles. The van der Waals surface area contributed by atoms with Gasteiger partial charge in [0.2, 0.25) is 5.91 Å². The third-order valence-electron chi connectivity index (χ3n) is 6.78. The predicted molar refractivity (Wildman–Crippen MR) is 140 cm³/mol. The Morgan fingerprint density at radius 1 is 0.972 bits per heavy atom. The van der Waals surface area contributed by atoms with E-state index in [0.717, 1.165) is 40.3 Å². The molecular formula is C29H29N3O4. The molecule has 4 aromatic rings. The maximum absolute atomic E-state index is 12.5. The number of nitrogens with zero attached hydrogens (tertiary/aromatic N) is 2. The topological polar surface area (TPSA) is 80.6 Å². The number of hydrogen-bond donors (Lipinski definition) is 1. The Labute approximate surface area is 209 Å². The first-order chi connectivity index (χ1) is 17.5. The zero-order valence-electron chi connectivity index (χ0n) is 20.3. The lowest BCUT2D eigenvalue weighted by Gasteiger charge is -2.16. The molecule has 1 aliphatic rings. The van der Waals surface area contributed by atoms with Crippen LogP contribution in [0.3, 0.4) is 0 Å². The molecule has 1 unspecified atom stereocenters. The van der Waals surface area contributed by atoms with E-state index < -0.39 is 17.8 Å². The molecule has 0 saturated carbocycles. The number of ether oxygens (including phenoxy) is 1. The fourth-order valence-electron chi connectivity index (χ4n) is 4.98. The first kappa shape index (κ1) is 23.6. The van der Waals surface area contributed by atoms with Crippen molar-refractivity contribution in [1.82, 2.24) is 9.47 Å². The van der Waals surface area contributed by atoms with E-state index in [9.17, 15) is 14.4 Å². The minimum atomic E-state index is -0.544. The highest BCUT2D eigenvalue weighted by Crippen LogP contribution is 2.31. The van der Waals surface area contributed by atoms with E-state index in [1.165, 1.54) is 0 Å². The summed E-state index contributed by atoms with van der Waals surface area (Å²) in [6.45, 7) is 3.45. The molecule has 0 aliphatic carbocycles. The van der Waals surface area contributed by atoms with Crippen LogP contribution in [-0.4, -0.2) is 46.9 Å². The third kappa shape index (κ3) is 4.82. The van der Waals surface area contributed by atoms with Crippen molar-refractivity contribution in [3.63, 3.8) is 0 Å². The van der Waals surface area contributed by atoms with Crippen molar-refractivity contribution in [2.24, 2.45) is 5.92 Å². The van der Waals surface area contributed by atoms with Gasteiger partial charge in [0.1, 0.15) is 0 Å². The van der Waals surface area contributed by atoms with Crippen molar-refractivity contribution in [1.29, 1.82) is 0 Å². The zero-order valence-corrected chi connectivity index (χ0v) is 20.3. The fourth-order valence-corrected chi connectivity index (χ4v) is 4.98. The molecular weight excluding hydrogens is 454 g/mol. The lowest BCUT2D eigenvalue weighted by molar-refractivity contribution is -0.151. The van der Waals surface area contributed by atoms with Crippen LogP contribution in [0.4, 0.5) is 5.69 Å². The van der Waals surface area contributed by atoms with Crippen molar-refractivity contribution >= 4 is 45.3 Å². The van der Waals surface area contributed by atoms with Crippen molar-refractivity contribution < 1.29 is 19.1 Å². The molecule has 5 rings (SSSR count). The maximum Gasteiger partial charge on any atom is 0.311 e. The number of nitrogens with one attached hydrogen (secondary N) is 1. The van der Waals surface area contributed by atoms with Crippen LogP contribution in [0.15, 0.2) is 72.8 Å². The number of rotatable bonds is 8. The van der Waals surface area contributed by atoms with Gasteiger partial charge in [-0.1, -0.05) is 48.5 Å². The average molecular weight is 484 g/mol. The normalized spacial score (nSPS) is 15.5. The van der Waals surface area contributed by atoms with Crippen molar-refractivity contribution in [3.05, 3.63) is 78.4 Å². The quantitative estimate of drug-likeness (QED) is 0.377. The third-order valence-corrected chi connectivity index (χ3v) is 6.78. The Bertz CT molecular complexity index is 1430. The molecule has 1 N–H and O–H groups in total. The van der Waals surface area contributed by atoms with Gasteiger partial charge >= 0.3 is 5.97 Å². The molecule has 1 atom stereocenters. The van der Waals surface area contributed by atoms with Gasteiger partial charge < -0.3 is 19.5 Å². The number of benzene rings is 3. The number of amides is 2. The molecule has 7 heteroatoms. The summed E-state index contributed by atoms with van der Waals surface area (Å²) in [5, 5.41) is 5.01. The molecule has 0 bridgehead atoms. The van der Waals surface area contributed by atoms with Crippen LogP contribution >= 0.6 is 0 Å². The number of hydrogen-bond acceptors (Lipinski definition) is 4. The summed E-state index contributed by atoms with van der Waals surface area (Å²) >= 11 is 0. The molecule has 2 amide bonds. The minimum absolute atomic E-state index is 0.0584. The summed E-state index contributed by atoms with van der Waals surface area (Å²) < 4.78 is 7.50. The van der Waals surface area contributed by atoms with E-state index in [4.69, 9.17) is 4.74 Å². The van der Waals surface area contributed by atoms with Gasteiger partial charge in [-0.2, -0.15) is 0 Å². The van der Waals surface area contributed by atoms with E-state index in [-0.39, 0.29) is 18.9 Å². The Hall–Kier alpha value is -4.13. The highest BCUT2D eigenvalue weighted by Gasteiger charge is 2.35. The number of aryl methyl sites for hydroxylation is 1. The molecule has 1 fully saturated rings. The predicted octanol–water partition coefficient (Wildman–Crippen LogP) is 4.39. The number of esters is 1. The summed E-state index contributed by atoms with van der Waals surface area (Å²) in [6.07, 6.45) is 0.853. The second kappa shape index (κ2) is 10.2. The maximum atomic E-state index is 12.5. The van der Waals surface area contributed by atoms with Gasteiger partial charge in [0.15, 0.2) is 6.61 Å². The lowest BCUT2D eigenvalue weighted by Crippen LogP contribution is -2.29. The Morgan fingerprint density at radius 2 is 1.72 bits per heavy atom. The average Bonchev–Trinajstić information content (AvgIpc) is 3.43. The van der Waals surface area contributed by atoms with Crippen molar-refractivity contribution in [2.75, 3.05) is 25.0 Å². The second-order valence-electron chi connectivity index (χ2n) is 9.13. The molecule has 1 aliphatic heterocycles. The summed E-state index contributed by atoms with van der Waals surface area (Å²) in [5.41, 5.74) is 4.04. The van der Waals surface area contributed by atoms with Crippen LogP contribution in [0.5, 0.6) is 0 Å². The van der Waals surface area contributed by atoms with Gasteiger partial charge in [0, 0.05) is 53.5 Å². The number of carbonyl (C=O) groups excluding carboxylic acids is 3. The van der Waals surface area contributed by atoms with Crippen LogP contribution in [-0.2, 0) is 32.1 Å². The van der Waals surface area contributed by atoms with Gasteiger partial charge in [-0.3, -0.25) is 14.4 Å². The number of fused-ring (bicyclic) bond motifs is 3. The molecule has 0 radical (unpaired) electrons. The van der Waals surface area contributed by atoms with Crippen LogP contribution in [0.25, 0.3) is 21.8 Å². The van der Waals surface area contributed by atoms with Crippen molar-refractivity contribution in [2.45, 2.75) is 26.3 Å². The van der Waals surface area contributed by atoms with Crippen LogP contribution in [0, 0.1) is 5.92 Å². The van der Waals surface area contributed by atoms with E-state index in [0.29, 0.717) is 18.8 Å². The fraction of sp³-hybridized carbons (Fsp3) is 0.276. The number of carbonyl (C=O) groups is 3. The second-order valence-corrected chi connectivity index (χ2v) is 9.13. The smallest absolute Gasteiger partial charge is 0.311 e. The van der Waals surface area contributed by atoms with Gasteiger partial charge in [-0.15, -0.1) is 0 Å². The largest absolute Gasteiger partial charge is 0.455 e. The number of aromatic nitrogens is 1. The zero-order chi connectivity index (χ0) is 25.1. The lowest BCUT2D eigenvalue weighted by atomic mass is 10.1. The van der Waals surface area contributed by atoms with E-state index in [1.54, 1.807) is 4.90 Å². The number of anilines is 1. The van der Waals surface area contributed by atoms with E-state index in [2.05, 4.69) is 28.9 Å². The van der Waals surface area contributed by atoms with Gasteiger partial charge in [-0.05, 0) is 43.2 Å². The Balaban J connectivity index is 1.16. The highest BCUT2D eigenvalue weighted by atomic mass is 16.5. The molecule has 0 spiro atoms. The molecule has 7 nitrogen and oxygen atoms in total. The first-order valence-electron chi connectivity index (χ1n) is 12.3. The van der Waals surface area contributed by atoms with Gasteiger partial charge in [0.25, 0.3) is 5.91 Å². The summed E-state index contributed by atoms with van der Waals surface area (Å²) in [4.78, 5) is 39.1. The highest BCUT2D eigenvalue weighted by molar-refractivity contribution is 6.09. The van der Waals surface area contributed by atoms with Crippen LogP contribution < -0.4 is 5.32 Å². The molecule has 36 heavy (non-hydrogen) atoms. The first-order valence-corrected chi connectivity index (χ1v) is 12.3. The SMILES string of the molecule is CCn1c2ccccc2c2cc(NC(=O)COC(=O)C3CC(=O)N(CCc4ccccc4)C3)ccc21. The number of para-hydroxylation sites is 1. The monoisotopic (exact) mass is 483 g/mol. The number of likely N-dealkylation sites (tertiary alicyclic amines) is 1. The molecule has 2 heterocycles. The summed E-state index contributed by atoms with van der Waals surface area (Å²) in [6, 6.07) is 23.9. The molecule has 184 valence electrons. The Kier molecular flexibility index (Phi) is 6.71. The standard InChI is InChI=1S/C29H29N3O4/c1-2-32-25-11-7-6-10-23(25)24-17-22(12-13-26(24)32)30-27(33)19-36-29(35)21-16-28(34)31(18-21)15-14-20-8-4-3-5-9-20/h3-13,17,21H,2,14-16,18-19H2,1H3,(H,30,33). The van der Waals surface area contributed by atoms with Gasteiger partial charge in [0.05, 0.1) is 5.92 Å². The van der Waals surface area contributed by atoms with Gasteiger partial charge in [-0.25, -0.2) is 0 Å². The molecule has 3 aromatic carbocycles. The summed E-state index contributed by atoms with van der Waals surface area (Å²) in [5.74, 6) is -1.52. The van der Waals surface area contributed by atoms with Crippen LogP contribution in [0.2, 0.25) is 0 Å². The summed E-state index contributed by atoms with van der Waals surface area (Å²) in [7, 11) is 0. The molecule has 1 aromatic heterocycles. The van der Waals surface area contributed by atoms with E-state index >= 15 is 0 Å². The van der Waals surface area contributed by atoms with Crippen LogP contribution in [0.1, 0.15) is 18.9 Å². The van der Waals surface area contributed by atoms with E-state index in [1.807, 2.05) is 60.7 Å². The van der Waals surface area contributed by atoms with Crippen molar-refractivity contribution in [3.8, 4) is 0 Å². The minimum Gasteiger partial charge on any atom is -0.455 e.